The van der Waals surface area contributed by atoms with Gasteiger partial charge in [-0.15, -0.1) is 0 Å². The van der Waals surface area contributed by atoms with Gasteiger partial charge < -0.3 is 15.3 Å². The maximum absolute atomic E-state index is 11.9. The normalized spacial score (nSPS) is 17.7. The summed E-state index contributed by atoms with van der Waals surface area (Å²) in [6.45, 7) is 7.82. The highest BCUT2D eigenvalue weighted by Crippen LogP contribution is 2.20. The molecule has 0 radical (unpaired) electrons. The molecule has 186 valence electrons. The maximum atomic E-state index is 11.9. The van der Waals surface area contributed by atoms with Gasteiger partial charge in [-0.2, -0.15) is 13.2 Å². The third-order valence-corrected chi connectivity index (χ3v) is 5.91. The number of anilines is 1. The first-order valence-corrected chi connectivity index (χ1v) is 11.0. The highest BCUT2D eigenvalue weighted by Gasteiger charge is 2.38. The number of aliphatic carboxylic acids is 1. The van der Waals surface area contributed by atoms with E-state index in [1.807, 2.05) is 12.1 Å². The molecule has 3 heterocycles. The minimum absolute atomic E-state index is 0.379. The fourth-order valence-corrected chi connectivity index (χ4v) is 4.06. The highest BCUT2D eigenvalue weighted by molar-refractivity contribution is 5.73. The molecule has 2 aliphatic heterocycles. The SMILES string of the molecule is O=C(O)C(F)(F)F.O=c1ccn(-c2ccc(N3CCN(CC4CCNCC4)CC3)cc2)c(=O)[nH]1. The summed E-state index contributed by atoms with van der Waals surface area (Å²) in [5.74, 6) is -1.92. The van der Waals surface area contributed by atoms with Crippen LogP contribution in [0, 0.1) is 5.92 Å². The number of carboxylic acids is 1. The number of carboxylic acid groups (broad SMARTS) is 1. The van der Waals surface area contributed by atoms with Gasteiger partial charge >= 0.3 is 17.8 Å². The Hall–Kier alpha value is -3.12. The van der Waals surface area contributed by atoms with Crippen LogP contribution >= 0.6 is 0 Å². The van der Waals surface area contributed by atoms with Crippen LogP contribution in [-0.4, -0.2) is 77.5 Å². The van der Waals surface area contributed by atoms with Gasteiger partial charge in [0.15, 0.2) is 0 Å². The average molecular weight is 483 g/mol. The number of H-pyrrole nitrogens is 1. The van der Waals surface area contributed by atoms with E-state index in [-0.39, 0.29) is 5.56 Å². The predicted molar refractivity (Wildman–Crippen MR) is 121 cm³/mol. The molecule has 0 aliphatic carbocycles. The third-order valence-electron chi connectivity index (χ3n) is 5.91. The number of piperazine rings is 1. The molecule has 2 aromatic rings. The number of rotatable bonds is 4. The summed E-state index contributed by atoms with van der Waals surface area (Å²) in [7, 11) is 0. The minimum Gasteiger partial charge on any atom is -0.475 e. The van der Waals surface area contributed by atoms with E-state index in [1.165, 1.54) is 41.9 Å². The molecule has 0 amide bonds. The fourth-order valence-electron chi connectivity index (χ4n) is 4.06. The lowest BCUT2D eigenvalue weighted by Crippen LogP contribution is -2.48. The summed E-state index contributed by atoms with van der Waals surface area (Å²) in [6, 6.07) is 9.31. The molecule has 0 saturated carbocycles. The first-order chi connectivity index (χ1) is 16.1. The van der Waals surface area contributed by atoms with E-state index in [2.05, 4.69) is 32.2 Å². The second kappa shape index (κ2) is 11.3. The Morgan fingerprint density at radius 2 is 1.53 bits per heavy atom. The Kier molecular flexibility index (Phi) is 8.51. The van der Waals surface area contributed by atoms with Crippen molar-refractivity contribution < 1.29 is 23.1 Å². The molecule has 0 bridgehead atoms. The van der Waals surface area contributed by atoms with Crippen molar-refractivity contribution in [2.24, 2.45) is 5.92 Å². The number of nitrogens with zero attached hydrogens (tertiary/aromatic N) is 3. The summed E-state index contributed by atoms with van der Waals surface area (Å²) in [5.41, 5.74) is 1.14. The number of hydrogen-bond donors (Lipinski definition) is 3. The topological polar surface area (TPSA) is 111 Å². The molecular weight excluding hydrogens is 455 g/mol. The Labute approximate surface area is 193 Å². The van der Waals surface area contributed by atoms with Crippen LogP contribution in [0.25, 0.3) is 5.69 Å². The standard InChI is InChI=1S/C20H27N5O2.C2HF3O2/c26-19-7-10-25(20(27)22-19)18-3-1-17(2-4-18)24-13-11-23(12-14-24)15-16-5-8-21-9-6-16;3-2(4,5)1(6)7/h1-4,7,10,16,21H,5-6,8-9,11-15H2,(H,22,26,27);(H,6,7). The summed E-state index contributed by atoms with van der Waals surface area (Å²) in [6.07, 6.45) is -0.979. The Bertz CT molecular complexity index is 1050. The van der Waals surface area contributed by atoms with E-state index in [0.717, 1.165) is 50.9 Å². The first kappa shape index (κ1) is 25.5. The van der Waals surface area contributed by atoms with Gasteiger partial charge in [0.1, 0.15) is 0 Å². The van der Waals surface area contributed by atoms with Gasteiger partial charge in [-0.1, -0.05) is 0 Å². The number of aromatic nitrogens is 2. The van der Waals surface area contributed by atoms with Crippen LogP contribution in [0.3, 0.4) is 0 Å². The minimum atomic E-state index is -5.08. The van der Waals surface area contributed by atoms with Gasteiger partial charge in [-0.3, -0.25) is 19.2 Å². The van der Waals surface area contributed by atoms with Crippen LogP contribution in [-0.2, 0) is 4.79 Å². The molecule has 0 atom stereocenters. The van der Waals surface area contributed by atoms with Crippen LogP contribution in [0.2, 0.25) is 0 Å². The number of hydrogen-bond acceptors (Lipinski definition) is 6. The number of halogens is 3. The lowest BCUT2D eigenvalue weighted by molar-refractivity contribution is -0.192. The zero-order chi connectivity index (χ0) is 24.7. The number of alkyl halides is 3. The van der Waals surface area contributed by atoms with E-state index in [9.17, 15) is 22.8 Å². The number of benzene rings is 1. The summed E-state index contributed by atoms with van der Waals surface area (Å²) in [5, 5.41) is 10.6. The first-order valence-electron chi connectivity index (χ1n) is 11.0. The van der Waals surface area contributed by atoms with Crippen LogP contribution in [0.4, 0.5) is 18.9 Å². The second-order valence-corrected chi connectivity index (χ2v) is 8.28. The number of nitrogens with one attached hydrogen (secondary N) is 2. The Morgan fingerprint density at radius 1 is 0.971 bits per heavy atom. The Balaban J connectivity index is 0.000000406. The average Bonchev–Trinajstić information content (AvgIpc) is 2.80. The molecular formula is C22H28F3N5O4. The second-order valence-electron chi connectivity index (χ2n) is 8.28. The number of aromatic amines is 1. The van der Waals surface area contributed by atoms with Crippen molar-refractivity contribution in [2.45, 2.75) is 19.0 Å². The van der Waals surface area contributed by atoms with Crippen molar-refractivity contribution in [2.75, 3.05) is 50.7 Å². The largest absolute Gasteiger partial charge is 0.490 e. The van der Waals surface area contributed by atoms with E-state index in [0.29, 0.717) is 0 Å². The fraction of sp³-hybridized carbons (Fsp3) is 0.500. The summed E-state index contributed by atoms with van der Waals surface area (Å²) >= 11 is 0. The lowest BCUT2D eigenvalue weighted by Gasteiger charge is -2.38. The molecule has 0 unspecified atom stereocenters. The van der Waals surface area contributed by atoms with Crippen molar-refractivity contribution in [3.05, 3.63) is 57.4 Å². The third kappa shape index (κ3) is 7.19. The van der Waals surface area contributed by atoms with Gasteiger partial charge in [0, 0.05) is 50.7 Å². The molecule has 3 N–H and O–H groups in total. The molecule has 12 heteroatoms. The molecule has 34 heavy (non-hydrogen) atoms. The maximum Gasteiger partial charge on any atom is 0.490 e. The molecule has 0 spiro atoms. The van der Waals surface area contributed by atoms with E-state index in [1.54, 1.807) is 0 Å². The highest BCUT2D eigenvalue weighted by atomic mass is 19.4. The van der Waals surface area contributed by atoms with Gasteiger partial charge in [0.05, 0.1) is 5.69 Å². The molecule has 2 aliphatic rings. The van der Waals surface area contributed by atoms with E-state index in [4.69, 9.17) is 9.90 Å². The number of carbonyl (C=O) groups is 1. The zero-order valence-electron chi connectivity index (χ0n) is 18.6. The zero-order valence-corrected chi connectivity index (χ0v) is 18.6. The molecule has 1 aromatic carbocycles. The van der Waals surface area contributed by atoms with Crippen molar-refractivity contribution in [3.8, 4) is 5.69 Å². The molecule has 2 saturated heterocycles. The van der Waals surface area contributed by atoms with Crippen LogP contribution in [0.15, 0.2) is 46.1 Å². The molecule has 4 rings (SSSR count). The van der Waals surface area contributed by atoms with Crippen molar-refractivity contribution in [1.29, 1.82) is 0 Å². The lowest BCUT2D eigenvalue weighted by atomic mass is 9.97. The number of piperidine rings is 1. The van der Waals surface area contributed by atoms with Gasteiger partial charge in [-0.25, -0.2) is 9.59 Å². The molecule has 9 nitrogen and oxygen atoms in total. The van der Waals surface area contributed by atoms with Crippen LogP contribution in [0.5, 0.6) is 0 Å². The van der Waals surface area contributed by atoms with Gasteiger partial charge in [-0.05, 0) is 56.1 Å². The van der Waals surface area contributed by atoms with Crippen LogP contribution < -0.4 is 21.5 Å². The smallest absolute Gasteiger partial charge is 0.475 e. The summed E-state index contributed by atoms with van der Waals surface area (Å²) in [4.78, 5) is 39.3. The molecule has 2 fully saturated rings. The van der Waals surface area contributed by atoms with Crippen molar-refractivity contribution >= 4 is 11.7 Å². The van der Waals surface area contributed by atoms with Crippen molar-refractivity contribution in [3.63, 3.8) is 0 Å². The van der Waals surface area contributed by atoms with E-state index < -0.39 is 17.8 Å². The molecule has 1 aromatic heterocycles. The quantitative estimate of drug-likeness (QED) is 0.601. The summed E-state index contributed by atoms with van der Waals surface area (Å²) < 4.78 is 33.2. The Morgan fingerprint density at radius 3 is 2.06 bits per heavy atom. The van der Waals surface area contributed by atoms with Gasteiger partial charge in [0.2, 0.25) is 0 Å². The van der Waals surface area contributed by atoms with E-state index >= 15 is 0 Å². The predicted octanol–water partition coefficient (Wildman–Crippen LogP) is 1.28. The van der Waals surface area contributed by atoms with Crippen molar-refractivity contribution in [1.82, 2.24) is 19.8 Å². The monoisotopic (exact) mass is 483 g/mol. The van der Waals surface area contributed by atoms with Gasteiger partial charge in [0.25, 0.3) is 5.56 Å². The van der Waals surface area contributed by atoms with Crippen LogP contribution in [0.1, 0.15) is 12.8 Å².